The van der Waals surface area contributed by atoms with Crippen LogP contribution in [0.3, 0.4) is 0 Å². The molecule has 0 fully saturated rings. The van der Waals surface area contributed by atoms with Gasteiger partial charge in [0.2, 0.25) is 0 Å². The highest BCUT2D eigenvalue weighted by atomic mass is 16.5. The molecule has 0 heterocycles. The zero-order chi connectivity index (χ0) is 15.6. The van der Waals surface area contributed by atoms with Crippen molar-refractivity contribution in [3.05, 3.63) is 24.3 Å². The van der Waals surface area contributed by atoms with Gasteiger partial charge in [-0.3, -0.25) is 4.79 Å². The van der Waals surface area contributed by atoms with Crippen LogP contribution in [0, 0.1) is 0 Å². The molecule has 0 rings (SSSR count). The Balaban J connectivity index is 3.20. The molecule has 0 aliphatic rings. The summed E-state index contributed by atoms with van der Waals surface area (Å²) >= 11 is 0. The molecule has 0 unspecified atom stereocenters. The summed E-state index contributed by atoms with van der Waals surface area (Å²) in [5, 5.41) is 0. The summed E-state index contributed by atoms with van der Waals surface area (Å²) in [6, 6.07) is 0. The fourth-order valence-corrected chi connectivity index (χ4v) is 2.18. The van der Waals surface area contributed by atoms with Gasteiger partial charge in [0.1, 0.15) is 0 Å². The van der Waals surface area contributed by atoms with E-state index in [4.69, 9.17) is 0 Å². The Morgan fingerprint density at radius 1 is 0.810 bits per heavy atom. The van der Waals surface area contributed by atoms with Crippen molar-refractivity contribution in [2.24, 2.45) is 0 Å². The van der Waals surface area contributed by atoms with E-state index in [1.165, 1.54) is 58.5 Å². The molecule has 122 valence electrons. The molecule has 0 atom stereocenters. The van der Waals surface area contributed by atoms with Crippen molar-refractivity contribution < 1.29 is 9.53 Å². The smallest absolute Gasteiger partial charge is 0.305 e. The largest absolute Gasteiger partial charge is 0.469 e. The lowest BCUT2D eigenvalue weighted by Gasteiger charge is -1.99. The van der Waals surface area contributed by atoms with E-state index in [-0.39, 0.29) is 5.97 Å². The lowest BCUT2D eigenvalue weighted by molar-refractivity contribution is -0.140. The predicted molar refractivity (Wildman–Crippen MR) is 91.4 cm³/mol. The Morgan fingerprint density at radius 2 is 1.38 bits per heavy atom. The molecular formula is C19H34O2. The fraction of sp³-hybridized carbons (Fsp3) is 0.737. The molecule has 0 aliphatic carbocycles. The average Bonchev–Trinajstić information content (AvgIpc) is 2.50. The van der Waals surface area contributed by atoms with Gasteiger partial charge in [0, 0.05) is 6.42 Å². The lowest BCUT2D eigenvalue weighted by atomic mass is 10.1. The molecule has 0 aliphatic heterocycles. The Labute approximate surface area is 131 Å². The second kappa shape index (κ2) is 17.0. The summed E-state index contributed by atoms with van der Waals surface area (Å²) in [7, 11) is 1.45. The maximum Gasteiger partial charge on any atom is 0.305 e. The van der Waals surface area contributed by atoms with Gasteiger partial charge in [0.05, 0.1) is 7.11 Å². The fourth-order valence-electron chi connectivity index (χ4n) is 2.18. The van der Waals surface area contributed by atoms with Crippen LogP contribution >= 0.6 is 0 Å². The summed E-state index contributed by atoms with van der Waals surface area (Å²) in [6.07, 6.45) is 23.0. The molecule has 0 bridgehead atoms. The normalized spacial score (nSPS) is 11.5. The van der Waals surface area contributed by atoms with Gasteiger partial charge in [-0.25, -0.2) is 0 Å². The molecule has 21 heavy (non-hydrogen) atoms. The number of hydrogen-bond donors (Lipinski definition) is 0. The maximum absolute atomic E-state index is 10.9. The first kappa shape index (κ1) is 19.9. The van der Waals surface area contributed by atoms with E-state index < -0.39 is 0 Å². The molecule has 0 saturated carbocycles. The Morgan fingerprint density at radius 3 is 2.00 bits per heavy atom. The van der Waals surface area contributed by atoms with Gasteiger partial charge in [0.25, 0.3) is 0 Å². The van der Waals surface area contributed by atoms with E-state index >= 15 is 0 Å². The molecule has 0 N–H and O–H groups in total. The van der Waals surface area contributed by atoms with Crippen molar-refractivity contribution in [1.82, 2.24) is 0 Å². The van der Waals surface area contributed by atoms with Crippen molar-refractivity contribution in [2.45, 2.75) is 84.0 Å². The second-order valence-electron chi connectivity index (χ2n) is 5.56. The predicted octanol–water partition coefficient (Wildman–Crippen LogP) is 5.97. The van der Waals surface area contributed by atoms with Crippen LogP contribution in [0.1, 0.15) is 84.0 Å². The number of carbonyl (C=O) groups is 1. The molecule has 0 amide bonds. The Bertz CT molecular complexity index is 279. The highest BCUT2D eigenvalue weighted by Crippen LogP contribution is 2.08. The van der Waals surface area contributed by atoms with E-state index in [0.717, 1.165) is 19.3 Å². The number of hydrogen-bond acceptors (Lipinski definition) is 2. The van der Waals surface area contributed by atoms with E-state index in [0.29, 0.717) is 6.42 Å². The lowest BCUT2D eigenvalue weighted by Crippen LogP contribution is -1.98. The minimum absolute atomic E-state index is 0.0827. The zero-order valence-electron chi connectivity index (χ0n) is 14.1. The van der Waals surface area contributed by atoms with E-state index in [1.807, 2.05) is 0 Å². The number of esters is 1. The summed E-state index contributed by atoms with van der Waals surface area (Å²) in [5.41, 5.74) is 0. The third-order valence-electron chi connectivity index (χ3n) is 3.56. The monoisotopic (exact) mass is 294 g/mol. The molecule has 0 radical (unpaired) electrons. The molecular weight excluding hydrogens is 260 g/mol. The number of methoxy groups -OCH3 is 1. The maximum atomic E-state index is 10.9. The SMILES string of the molecule is CCCCC/C=C/C/C=C/CCCCCCCC(=O)OC. The van der Waals surface area contributed by atoms with Gasteiger partial charge in [-0.2, -0.15) is 0 Å². The van der Waals surface area contributed by atoms with Crippen LogP contribution in [0.15, 0.2) is 24.3 Å². The highest BCUT2D eigenvalue weighted by Gasteiger charge is 1.98. The second-order valence-corrected chi connectivity index (χ2v) is 5.56. The van der Waals surface area contributed by atoms with Crippen LogP contribution < -0.4 is 0 Å². The molecule has 0 aromatic heterocycles. The summed E-state index contributed by atoms with van der Waals surface area (Å²) in [6.45, 7) is 2.24. The van der Waals surface area contributed by atoms with Gasteiger partial charge < -0.3 is 4.74 Å². The van der Waals surface area contributed by atoms with Crippen LogP contribution in [0.5, 0.6) is 0 Å². The first-order valence-corrected chi connectivity index (χ1v) is 8.68. The van der Waals surface area contributed by atoms with Crippen molar-refractivity contribution in [1.29, 1.82) is 0 Å². The minimum Gasteiger partial charge on any atom is -0.469 e. The van der Waals surface area contributed by atoms with Crippen molar-refractivity contribution in [3.63, 3.8) is 0 Å². The van der Waals surface area contributed by atoms with Crippen molar-refractivity contribution >= 4 is 5.97 Å². The molecule has 0 aromatic rings. The minimum atomic E-state index is -0.0827. The van der Waals surface area contributed by atoms with Gasteiger partial charge >= 0.3 is 5.97 Å². The quantitative estimate of drug-likeness (QED) is 0.224. The van der Waals surface area contributed by atoms with E-state index in [1.54, 1.807) is 0 Å². The number of carbonyl (C=O) groups excluding carboxylic acids is 1. The van der Waals surface area contributed by atoms with Crippen LogP contribution in [0.2, 0.25) is 0 Å². The summed E-state index contributed by atoms with van der Waals surface area (Å²) in [4.78, 5) is 10.9. The standard InChI is InChI=1S/C19H34O2/c1-3-4-5-6-7-8-9-10-11-12-13-14-15-16-17-18-19(20)21-2/h7-8,10-11H,3-6,9,12-18H2,1-2H3/b8-7+,11-10+. The third-order valence-corrected chi connectivity index (χ3v) is 3.56. The van der Waals surface area contributed by atoms with Crippen LogP contribution in [-0.4, -0.2) is 13.1 Å². The van der Waals surface area contributed by atoms with Gasteiger partial charge in [-0.1, -0.05) is 63.3 Å². The van der Waals surface area contributed by atoms with Gasteiger partial charge in [-0.05, 0) is 38.5 Å². The first-order chi connectivity index (χ1) is 10.3. The first-order valence-electron chi connectivity index (χ1n) is 8.68. The van der Waals surface area contributed by atoms with E-state index in [2.05, 4.69) is 36.0 Å². The summed E-state index contributed by atoms with van der Waals surface area (Å²) in [5.74, 6) is -0.0827. The van der Waals surface area contributed by atoms with Crippen LogP contribution in [-0.2, 0) is 9.53 Å². The molecule has 0 aromatic carbocycles. The van der Waals surface area contributed by atoms with Crippen LogP contribution in [0.25, 0.3) is 0 Å². The van der Waals surface area contributed by atoms with E-state index in [9.17, 15) is 4.79 Å². The van der Waals surface area contributed by atoms with Crippen molar-refractivity contribution in [2.75, 3.05) is 7.11 Å². The third kappa shape index (κ3) is 16.9. The molecule has 0 spiro atoms. The number of ether oxygens (including phenoxy) is 1. The Hall–Kier alpha value is -1.05. The number of rotatable bonds is 14. The topological polar surface area (TPSA) is 26.3 Å². The van der Waals surface area contributed by atoms with Gasteiger partial charge in [-0.15, -0.1) is 0 Å². The number of unbranched alkanes of at least 4 members (excludes halogenated alkanes) is 8. The highest BCUT2D eigenvalue weighted by molar-refractivity contribution is 5.68. The average molecular weight is 294 g/mol. The molecule has 2 nitrogen and oxygen atoms in total. The van der Waals surface area contributed by atoms with Gasteiger partial charge in [0.15, 0.2) is 0 Å². The molecule has 0 saturated heterocycles. The Kier molecular flexibility index (Phi) is 16.2. The zero-order valence-corrected chi connectivity index (χ0v) is 14.1. The number of allylic oxidation sites excluding steroid dienone is 4. The summed E-state index contributed by atoms with van der Waals surface area (Å²) < 4.78 is 4.62. The molecule has 2 heteroatoms. The van der Waals surface area contributed by atoms with Crippen molar-refractivity contribution in [3.8, 4) is 0 Å². The van der Waals surface area contributed by atoms with Crippen LogP contribution in [0.4, 0.5) is 0 Å².